The lowest BCUT2D eigenvalue weighted by Gasteiger charge is -2.43. The second-order valence-corrected chi connectivity index (χ2v) is 6.76. The summed E-state index contributed by atoms with van der Waals surface area (Å²) in [7, 11) is 1.93. The molecule has 2 fully saturated rings. The van der Waals surface area contributed by atoms with Crippen LogP contribution < -0.4 is 0 Å². The fourth-order valence-electron chi connectivity index (χ4n) is 3.82. The van der Waals surface area contributed by atoms with Crippen LogP contribution in [0.2, 0.25) is 0 Å². The quantitative estimate of drug-likeness (QED) is 0.833. The predicted molar refractivity (Wildman–Crippen MR) is 85.9 cm³/mol. The van der Waals surface area contributed by atoms with Gasteiger partial charge in [-0.15, -0.1) is 0 Å². The number of likely N-dealkylation sites (N-methyl/N-ethyl adjacent to an activating group) is 1. The standard InChI is InChI=1S/C17H27N3O2/c1-3-19-10-11-22-14-17(12-19)7-5-9-20(13-17)16(21)15-6-4-8-18(15)2/h4,6,8H,3,5,7,9-14H2,1-2H3. The van der Waals surface area contributed by atoms with E-state index in [1.807, 2.05) is 34.8 Å². The summed E-state index contributed by atoms with van der Waals surface area (Å²) in [6, 6.07) is 3.84. The first-order chi connectivity index (χ1) is 10.6. The van der Waals surface area contributed by atoms with E-state index in [1.165, 1.54) is 0 Å². The van der Waals surface area contributed by atoms with Crippen LogP contribution in [0.4, 0.5) is 0 Å². The Hall–Kier alpha value is -1.33. The first kappa shape index (κ1) is 15.6. The molecule has 1 aromatic rings. The van der Waals surface area contributed by atoms with Crippen LogP contribution in [0.5, 0.6) is 0 Å². The van der Waals surface area contributed by atoms with Crippen LogP contribution in [-0.2, 0) is 11.8 Å². The van der Waals surface area contributed by atoms with Crippen molar-refractivity contribution in [2.24, 2.45) is 12.5 Å². The SMILES string of the molecule is CCN1CCOCC2(CCCN(C(=O)c3cccn3C)C2)C1. The number of piperidine rings is 1. The Kier molecular flexibility index (Phi) is 4.54. The van der Waals surface area contributed by atoms with Crippen molar-refractivity contribution in [3.63, 3.8) is 0 Å². The number of hydrogen-bond acceptors (Lipinski definition) is 3. The van der Waals surface area contributed by atoms with E-state index in [2.05, 4.69) is 11.8 Å². The molecule has 0 aliphatic carbocycles. The van der Waals surface area contributed by atoms with Crippen LogP contribution in [0, 0.1) is 5.41 Å². The summed E-state index contributed by atoms with van der Waals surface area (Å²) in [5, 5.41) is 0. The number of rotatable bonds is 2. The molecule has 1 amide bonds. The molecule has 0 N–H and O–H groups in total. The van der Waals surface area contributed by atoms with Crippen LogP contribution in [-0.4, -0.2) is 66.2 Å². The molecule has 0 saturated carbocycles. The smallest absolute Gasteiger partial charge is 0.270 e. The summed E-state index contributed by atoms with van der Waals surface area (Å²) in [6.45, 7) is 8.56. The summed E-state index contributed by atoms with van der Waals surface area (Å²) in [4.78, 5) is 17.3. The molecule has 22 heavy (non-hydrogen) atoms. The fourth-order valence-corrected chi connectivity index (χ4v) is 3.82. The van der Waals surface area contributed by atoms with Crippen molar-refractivity contribution >= 4 is 5.91 Å². The number of amides is 1. The van der Waals surface area contributed by atoms with Gasteiger partial charge in [-0.2, -0.15) is 0 Å². The van der Waals surface area contributed by atoms with Gasteiger partial charge in [0.05, 0.1) is 13.2 Å². The molecule has 0 bridgehead atoms. The molecule has 1 spiro atoms. The van der Waals surface area contributed by atoms with Gasteiger partial charge in [-0.05, 0) is 31.5 Å². The third-order valence-electron chi connectivity index (χ3n) is 5.08. The maximum atomic E-state index is 12.8. The highest BCUT2D eigenvalue weighted by atomic mass is 16.5. The molecular weight excluding hydrogens is 278 g/mol. The predicted octanol–water partition coefficient (Wildman–Crippen LogP) is 1.60. The molecular formula is C17H27N3O2. The molecule has 1 unspecified atom stereocenters. The largest absolute Gasteiger partial charge is 0.379 e. The zero-order valence-electron chi connectivity index (χ0n) is 13.8. The Labute approximate surface area is 132 Å². The van der Waals surface area contributed by atoms with Gasteiger partial charge >= 0.3 is 0 Å². The van der Waals surface area contributed by atoms with Crippen molar-refractivity contribution in [1.29, 1.82) is 0 Å². The minimum Gasteiger partial charge on any atom is -0.379 e. The Morgan fingerprint density at radius 2 is 2.23 bits per heavy atom. The van der Waals surface area contributed by atoms with Gasteiger partial charge in [0, 0.05) is 44.8 Å². The number of ether oxygens (including phenoxy) is 1. The second-order valence-electron chi connectivity index (χ2n) is 6.76. The summed E-state index contributed by atoms with van der Waals surface area (Å²) >= 11 is 0. The van der Waals surface area contributed by atoms with E-state index in [0.717, 1.165) is 64.5 Å². The minimum absolute atomic E-state index is 0.103. The van der Waals surface area contributed by atoms with Gasteiger partial charge in [-0.1, -0.05) is 6.92 Å². The first-order valence-electron chi connectivity index (χ1n) is 8.34. The van der Waals surface area contributed by atoms with E-state index in [0.29, 0.717) is 0 Å². The molecule has 2 aliphatic heterocycles. The molecule has 2 aliphatic rings. The highest BCUT2D eigenvalue weighted by Crippen LogP contribution is 2.33. The van der Waals surface area contributed by atoms with E-state index in [4.69, 9.17) is 4.74 Å². The third kappa shape index (κ3) is 3.06. The van der Waals surface area contributed by atoms with Gasteiger partial charge in [0.25, 0.3) is 5.91 Å². The second kappa shape index (κ2) is 6.42. The van der Waals surface area contributed by atoms with Crippen LogP contribution in [0.3, 0.4) is 0 Å². The van der Waals surface area contributed by atoms with Crippen LogP contribution in [0.1, 0.15) is 30.3 Å². The van der Waals surface area contributed by atoms with Gasteiger partial charge in [0.2, 0.25) is 0 Å². The molecule has 122 valence electrons. The van der Waals surface area contributed by atoms with Gasteiger partial charge in [0.15, 0.2) is 0 Å². The van der Waals surface area contributed by atoms with E-state index in [1.54, 1.807) is 0 Å². The molecule has 1 aromatic heterocycles. The number of aromatic nitrogens is 1. The summed E-state index contributed by atoms with van der Waals surface area (Å²) in [5.74, 6) is 0.152. The lowest BCUT2D eigenvalue weighted by Crippen LogP contribution is -2.52. The lowest BCUT2D eigenvalue weighted by molar-refractivity contribution is 0.00729. The molecule has 3 heterocycles. The van der Waals surface area contributed by atoms with Crippen LogP contribution in [0.25, 0.3) is 0 Å². The van der Waals surface area contributed by atoms with E-state index in [9.17, 15) is 4.79 Å². The average Bonchev–Trinajstić information content (AvgIpc) is 2.86. The first-order valence-corrected chi connectivity index (χ1v) is 8.34. The topological polar surface area (TPSA) is 37.7 Å². The van der Waals surface area contributed by atoms with Gasteiger partial charge < -0.3 is 19.1 Å². The Morgan fingerprint density at radius 3 is 2.95 bits per heavy atom. The minimum atomic E-state index is 0.103. The molecule has 3 rings (SSSR count). The number of carbonyl (C=O) groups is 1. The molecule has 2 saturated heterocycles. The highest BCUT2D eigenvalue weighted by Gasteiger charge is 2.40. The molecule has 5 heteroatoms. The molecule has 5 nitrogen and oxygen atoms in total. The summed E-state index contributed by atoms with van der Waals surface area (Å²) < 4.78 is 7.79. The third-order valence-corrected chi connectivity index (χ3v) is 5.08. The Balaban J connectivity index is 1.75. The van der Waals surface area contributed by atoms with Gasteiger partial charge in [-0.25, -0.2) is 0 Å². The average molecular weight is 305 g/mol. The fraction of sp³-hybridized carbons (Fsp3) is 0.706. The van der Waals surface area contributed by atoms with Crippen molar-refractivity contribution in [1.82, 2.24) is 14.4 Å². The summed E-state index contributed by atoms with van der Waals surface area (Å²) in [5.41, 5.74) is 0.880. The Bertz CT molecular complexity index is 528. The zero-order valence-corrected chi connectivity index (χ0v) is 13.8. The molecule has 0 aromatic carbocycles. The van der Waals surface area contributed by atoms with Crippen LogP contribution >= 0.6 is 0 Å². The number of carbonyl (C=O) groups excluding carboxylic acids is 1. The van der Waals surface area contributed by atoms with Gasteiger partial charge in [0.1, 0.15) is 5.69 Å². The number of nitrogens with zero attached hydrogens (tertiary/aromatic N) is 3. The van der Waals surface area contributed by atoms with E-state index < -0.39 is 0 Å². The zero-order chi connectivity index (χ0) is 15.6. The molecule has 0 radical (unpaired) electrons. The monoisotopic (exact) mass is 305 g/mol. The van der Waals surface area contributed by atoms with Crippen molar-refractivity contribution in [3.8, 4) is 0 Å². The van der Waals surface area contributed by atoms with E-state index in [-0.39, 0.29) is 11.3 Å². The molecule has 1 atom stereocenters. The number of likely N-dealkylation sites (tertiary alicyclic amines) is 1. The van der Waals surface area contributed by atoms with Gasteiger partial charge in [-0.3, -0.25) is 4.79 Å². The summed E-state index contributed by atoms with van der Waals surface area (Å²) in [6.07, 6.45) is 4.15. The Morgan fingerprint density at radius 1 is 1.36 bits per heavy atom. The normalized spacial score (nSPS) is 27.1. The number of hydrogen-bond donors (Lipinski definition) is 0. The van der Waals surface area contributed by atoms with Crippen LogP contribution in [0.15, 0.2) is 18.3 Å². The maximum Gasteiger partial charge on any atom is 0.270 e. The van der Waals surface area contributed by atoms with Crippen molar-refractivity contribution in [3.05, 3.63) is 24.0 Å². The maximum absolute atomic E-state index is 12.8. The number of aryl methyl sites for hydroxylation is 1. The van der Waals surface area contributed by atoms with Crippen molar-refractivity contribution in [2.45, 2.75) is 19.8 Å². The van der Waals surface area contributed by atoms with Crippen molar-refractivity contribution in [2.75, 3.05) is 45.9 Å². The van der Waals surface area contributed by atoms with E-state index >= 15 is 0 Å². The highest BCUT2D eigenvalue weighted by molar-refractivity contribution is 5.92. The lowest BCUT2D eigenvalue weighted by atomic mass is 9.80. The van der Waals surface area contributed by atoms with Crippen molar-refractivity contribution < 1.29 is 9.53 Å².